The molecule has 104 valence electrons. The highest BCUT2D eigenvalue weighted by Crippen LogP contribution is 2.33. The number of carboxylic acid groups (broad SMARTS) is 1. The van der Waals surface area contributed by atoms with Crippen LogP contribution >= 0.6 is 0 Å². The summed E-state index contributed by atoms with van der Waals surface area (Å²) in [7, 11) is 0. The molecule has 1 aliphatic carbocycles. The first kappa shape index (κ1) is 13.6. The number of hydrogen-bond donors (Lipinski definition) is 2. The van der Waals surface area contributed by atoms with Crippen LogP contribution in [0.2, 0.25) is 0 Å². The van der Waals surface area contributed by atoms with Gasteiger partial charge in [-0.15, -0.1) is 0 Å². The highest BCUT2D eigenvalue weighted by molar-refractivity contribution is 5.82. The van der Waals surface area contributed by atoms with Crippen molar-refractivity contribution < 1.29 is 23.1 Å². The van der Waals surface area contributed by atoms with Crippen molar-refractivity contribution in [3.8, 4) is 0 Å². The SMILES string of the molecule is O=C(O)C1(Nc2nccc(C(F)(F)F)n2)CCCC1. The number of aromatic nitrogens is 2. The Morgan fingerprint density at radius 2 is 2.00 bits per heavy atom. The second-order valence-corrected chi connectivity index (χ2v) is 4.48. The first-order chi connectivity index (χ1) is 8.83. The largest absolute Gasteiger partial charge is 0.480 e. The molecule has 1 aliphatic rings. The van der Waals surface area contributed by atoms with Crippen molar-refractivity contribution in [1.82, 2.24) is 9.97 Å². The van der Waals surface area contributed by atoms with E-state index in [1.807, 2.05) is 0 Å². The predicted molar refractivity (Wildman–Crippen MR) is 59.5 cm³/mol. The number of hydrogen-bond acceptors (Lipinski definition) is 4. The number of nitrogens with one attached hydrogen (secondary N) is 1. The van der Waals surface area contributed by atoms with Gasteiger partial charge in [-0.05, 0) is 18.9 Å². The summed E-state index contributed by atoms with van der Waals surface area (Å²) in [5.41, 5.74) is -2.35. The van der Waals surface area contributed by atoms with Gasteiger partial charge in [0.1, 0.15) is 11.2 Å². The van der Waals surface area contributed by atoms with Gasteiger partial charge in [0, 0.05) is 6.20 Å². The number of rotatable bonds is 3. The minimum atomic E-state index is -4.58. The molecule has 0 aromatic carbocycles. The van der Waals surface area contributed by atoms with Crippen molar-refractivity contribution in [2.45, 2.75) is 37.4 Å². The van der Waals surface area contributed by atoms with Gasteiger partial charge < -0.3 is 10.4 Å². The molecule has 2 rings (SSSR count). The topological polar surface area (TPSA) is 75.1 Å². The van der Waals surface area contributed by atoms with Crippen molar-refractivity contribution in [3.63, 3.8) is 0 Å². The fourth-order valence-corrected chi connectivity index (χ4v) is 2.16. The number of carbonyl (C=O) groups is 1. The molecule has 1 saturated carbocycles. The monoisotopic (exact) mass is 275 g/mol. The van der Waals surface area contributed by atoms with Crippen LogP contribution in [0.1, 0.15) is 31.4 Å². The van der Waals surface area contributed by atoms with Crippen LogP contribution in [0.3, 0.4) is 0 Å². The molecule has 0 atom stereocenters. The van der Waals surface area contributed by atoms with Crippen molar-refractivity contribution in [3.05, 3.63) is 18.0 Å². The van der Waals surface area contributed by atoms with E-state index in [2.05, 4.69) is 15.3 Å². The van der Waals surface area contributed by atoms with Crippen molar-refractivity contribution in [2.24, 2.45) is 0 Å². The Labute approximate surface area is 106 Å². The zero-order chi connectivity index (χ0) is 14.1. The summed E-state index contributed by atoms with van der Waals surface area (Å²) in [5, 5.41) is 11.8. The van der Waals surface area contributed by atoms with Crippen molar-refractivity contribution in [1.29, 1.82) is 0 Å². The average Bonchev–Trinajstić information content (AvgIpc) is 2.78. The van der Waals surface area contributed by atoms with E-state index in [0.29, 0.717) is 25.7 Å². The second kappa shape index (κ2) is 4.67. The van der Waals surface area contributed by atoms with E-state index in [1.54, 1.807) is 0 Å². The third kappa shape index (κ3) is 2.77. The van der Waals surface area contributed by atoms with Crippen LogP contribution in [0.25, 0.3) is 0 Å². The summed E-state index contributed by atoms with van der Waals surface area (Å²) in [5.74, 6) is -1.40. The average molecular weight is 275 g/mol. The molecule has 0 amide bonds. The first-order valence-electron chi connectivity index (χ1n) is 5.75. The van der Waals surface area contributed by atoms with Gasteiger partial charge in [-0.25, -0.2) is 14.8 Å². The number of halogens is 3. The maximum atomic E-state index is 12.5. The molecule has 0 saturated heterocycles. The molecule has 0 bridgehead atoms. The lowest BCUT2D eigenvalue weighted by Gasteiger charge is -2.25. The van der Waals surface area contributed by atoms with Gasteiger partial charge in [-0.3, -0.25) is 0 Å². The zero-order valence-electron chi connectivity index (χ0n) is 9.87. The zero-order valence-corrected chi connectivity index (χ0v) is 9.87. The fraction of sp³-hybridized carbons (Fsp3) is 0.545. The summed E-state index contributed by atoms with van der Waals surface area (Å²) in [6, 6.07) is 0.743. The lowest BCUT2D eigenvalue weighted by Crippen LogP contribution is -2.44. The highest BCUT2D eigenvalue weighted by Gasteiger charge is 2.42. The molecule has 1 aromatic heterocycles. The van der Waals surface area contributed by atoms with E-state index in [9.17, 15) is 23.1 Å². The minimum Gasteiger partial charge on any atom is -0.480 e. The van der Waals surface area contributed by atoms with Gasteiger partial charge in [-0.1, -0.05) is 12.8 Å². The maximum Gasteiger partial charge on any atom is 0.433 e. The van der Waals surface area contributed by atoms with Crippen LogP contribution < -0.4 is 5.32 Å². The lowest BCUT2D eigenvalue weighted by molar-refractivity contribution is -0.142. The first-order valence-corrected chi connectivity index (χ1v) is 5.75. The minimum absolute atomic E-state index is 0.306. The molecule has 0 radical (unpaired) electrons. The Kier molecular flexibility index (Phi) is 3.34. The molecule has 5 nitrogen and oxygen atoms in total. The summed E-state index contributed by atoms with van der Waals surface area (Å²) in [6.45, 7) is 0. The third-order valence-electron chi connectivity index (χ3n) is 3.16. The fourth-order valence-electron chi connectivity index (χ4n) is 2.16. The summed E-state index contributed by atoms with van der Waals surface area (Å²) >= 11 is 0. The molecule has 0 spiro atoms. The number of anilines is 1. The van der Waals surface area contributed by atoms with Crippen molar-refractivity contribution in [2.75, 3.05) is 5.32 Å². The molecule has 2 N–H and O–H groups in total. The molecule has 1 aromatic rings. The van der Waals surface area contributed by atoms with Crippen LogP contribution in [-0.2, 0) is 11.0 Å². The Hall–Kier alpha value is -1.86. The van der Waals surface area contributed by atoms with E-state index in [4.69, 9.17) is 0 Å². The Bertz CT molecular complexity index is 484. The maximum absolute atomic E-state index is 12.5. The van der Waals surface area contributed by atoms with Crippen LogP contribution in [0.4, 0.5) is 19.1 Å². The van der Waals surface area contributed by atoms with Gasteiger partial charge in [0.05, 0.1) is 0 Å². The summed E-state index contributed by atoms with van der Waals surface area (Å²) in [6.07, 6.45) is -1.51. The predicted octanol–water partition coefficient (Wildman–Crippen LogP) is 2.30. The Morgan fingerprint density at radius 3 is 2.53 bits per heavy atom. The van der Waals surface area contributed by atoms with Crippen LogP contribution in [0, 0.1) is 0 Å². The molecular weight excluding hydrogens is 263 g/mol. The smallest absolute Gasteiger partial charge is 0.433 e. The van der Waals surface area contributed by atoms with E-state index in [-0.39, 0.29) is 5.95 Å². The van der Waals surface area contributed by atoms with E-state index in [0.717, 1.165) is 12.3 Å². The van der Waals surface area contributed by atoms with Gasteiger partial charge in [-0.2, -0.15) is 13.2 Å². The van der Waals surface area contributed by atoms with Crippen LogP contribution in [-0.4, -0.2) is 26.6 Å². The molecule has 1 fully saturated rings. The Balaban J connectivity index is 2.25. The molecule has 8 heteroatoms. The number of aliphatic carboxylic acids is 1. The summed E-state index contributed by atoms with van der Waals surface area (Å²) < 4.78 is 37.5. The highest BCUT2D eigenvalue weighted by atomic mass is 19.4. The molecular formula is C11H12F3N3O2. The standard InChI is InChI=1S/C11H12F3N3O2/c12-11(13,14)7-3-6-15-9(16-7)17-10(8(18)19)4-1-2-5-10/h3,6H,1-2,4-5H2,(H,18,19)(H,15,16,17). The van der Waals surface area contributed by atoms with Crippen LogP contribution in [0.15, 0.2) is 12.3 Å². The van der Waals surface area contributed by atoms with Gasteiger partial charge in [0.15, 0.2) is 0 Å². The number of carboxylic acids is 1. The molecule has 0 aliphatic heterocycles. The normalized spacial score (nSPS) is 18.3. The molecule has 19 heavy (non-hydrogen) atoms. The second-order valence-electron chi connectivity index (χ2n) is 4.48. The lowest BCUT2D eigenvalue weighted by atomic mass is 9.98. The molecule has 1 heterocycles. The van der Waals surface area contributed by atoms with Crippen molar-refractivity contribution >= 4 is 11.9 Å². The summed E-state index contributed by atoms with van der Waals surface area (Å²) in [4.78, 5) is 18.3. The molecule has 0 unspecified atom stereocenters. The van der Waals surface area contributed by atoms with E-state index < -0.39 is 23.4 Å². The van der Waals surface area contributed by atoms with Crippen LogP contribution in [0.5, 0.6) is 0 Å². The number of alkyl halides is 3. The van der Waals surface area contributed by atoms with E-state index >= 15 is 0 Å². The number of nitrogens with zero attached hydrogens (tertiary/aromatic N) is 2. The Morgan fingerprint density at radius 1 is 1.37 bits per heavy atom. The van der Waals surface area contributed by atoms with Gasteiger partial charge in [0.2, 0.25) is 5.95 Å². The van der Waals surface area contributed by atoms with E-state index in [1.165, 1.54) is 0 Å². The van der Waals surface area contributed by atoms with Gasteiger partial charge >= 0.3 is 12.1 Å². The third-order valence-corrected chi connectivity index (χ3v) is 3.16. The quantitative estimate of drug-likeness (QED) is 0.885. The van der Waals surface area contributed by atoms with Gasteiger partial charge in [0.25, 0.3) is 0 Å².